The molecule has 1 fully saturated rings. The largest absolute Gasteiger partial charge is 0.484 e. The molecule has 0 unspecified atom stereocenters. The first-order chi connectivity index (χ1) is 14.6. The molecule has 1 aliphatic rings. The maximum Gasteiger partial charge on any atom is 0.262 e. The number of para-hydroxylation sites is 1. The number of rotatable bonds is 8. The van der Waals surface area contributed by atoms with Gasteiger partial charge in [0.05, 0.1) is 26.0 Å². The molecule has 0 spiro atoms. The molecule has 0 aromatic heterocycles. The molecule has 0 radical (unpaired) electrons. The SMILES string of the molecule is Cc1ccccc1NC(=O)COc1ccc(/C=N/NC(=O)CN2CCOCC2)cc1. The molecular weight excluding hydrogens is 384 g/mol. The van der Waals surface area contributed by atoms with Crippen LogP contribution in [0.1, 0.15) is 11.1 Å². The van der Waals surface area contributed by atoms with Gasteiger partial charge < -0.3 is 14.8 Å². The van der Waals surface area contributed by atoms with Crippen LogP contribution in [0.2, 0.25) is 0 Å². The fourth-order valence-electron chi connectivity index (χ4n) is 2.87. The van der Waals surface area contributed by atoms with Crippen molar-refractivity contribution in [1.82, 2.24) is 10.3 Å². The maximum atomic E-state index is 12.0. The van der Waals surface area contributed by atoms with Crippen molar-refractivity contribution in [3.8, 4) is 5.75 Å². The van der Waals surface area contributed by atoms with E-state index in [0.717, 1.165) is 29.9 Å². The highest BCUT2D eigenvalue weighted by atomic mass is 16.5. The fraction of sp³-hybridized carbons (Fsp3) is 0.318. The first-order valence-corrected chi connectivity index (χ1v) is 9.80. The zero-order valence-electron chi connectivity index (χ0n) is 17.0. The molecule has 158 valence electrons. The zero-order chi connectivity index (χ0) is 21.2. The Morgan fingerprint density at radius 3 is 2.57 bits per heavy atom. The second-order valence-electron chi connectivity index (χ2n) is 6.90. The van der Waals surface area contributed by atoms with E-state index in [1.54, 1.807) is 30.5 Å². The Morgan fingerprint density at radius 1 is 1.10 bits per heavy atom. The van der Waals surface area contributed by atoms with Gasteiger partial charge in [-0.25, -0.2) is 5.43 Å². The predicted octanol–water partition coefficient (Wildman–Crippen LogP) is 1.79. The third-order valence-electron chi connectivity index (χ3n) is 4.54. The van der Waals surface area contributed by atoms with Crippen LogP contribution < -0.4 is 15.5 Å². The second kappa shape index (κ2) is 11.1. The highest BCUT2D eigenvalue weighted by Crippen LogP contribution is 2.14. The minimum Gasteiger partial charge on any atom is -0.484 e. The minimum absolute atomic E-state index is 0.0840. The molecule has 30 heavy (non-hydrogen) atoms. The summed E-state index contributed by atoms with van der Waals surface area (Å²) in [5.41, 5.74) is 5.09. The number of nitrogens with zero attached hydrogens (tertiary/aromatic N) is 2. The summed E-state index contributed by atoms with van der Waals surface area (Å²) < 4.78 is 10.8. The molecule has 0 atom stereocenters. The maximum absolute atomic E-state index is 12.0. The van der Waals surface area contributed by atoms with Gasteiger partial charge in [-0.05, 0) is 48.4 Å². The van der Waals surface area contributed by atoms with E-state index in [1.807, 2.05) is 36.1 Å². The summed E-state index contributed by atoms with van der Waals surface area (Å²) in [6.07, 6.45) is 1.56. The van der Waals surface area contributed by atoms with Crippen LogP contribution in [-0.4, -0.2) is 62.4 Å². The summed E-state index contributed by atoms with van der Waals surface area (Å²) in [4.78, 5) is 26.0. The number of carbonyl (C=O) groups is 2. The number of hydrogen-bond donors (Lipinski definition) is 2. The van der Waals surface area contributed by atoms with E-state index in [2.05, 4.69) is 15.8 Å². The van der Waals surface area contributed by atoms with E-state index in [0.29, 0.717) is 25.5 Å². The molecule has 8 heteroatoms. The van der Waals surface area contributed by atoms with E-state index in [9.17, 15) is 9.59 Å². The summed E-state index contributed by atoms with van der Waals surface area (Å²) >= 11 is 0. The zero-order valence-corrected chi connectivity index (χ0v) is 17.0. The number of anilines is 1. The first kappa shape index (κ1) is 21.5. The molecule has 2 amide bonds. The second-order valence-corrected chi connectivity index (χ2v) is 6.90. The Labute approximate surface area is 175 Å². The smallest absolute Gasteiger partial charge is 0.262 e. The Balaban J connectivity index is 1.39. The van der Waals surface area contributed by atoms with Gasteiger partial charge in [0.25, 0.3) is 11.8 Å². The Hall–Kier alpha value is -3.23. The fourth-order valence-corrected chi connectivity index (χ4v) is 2.87. The topological polar surface area (TPSA) is 92.3 Å². The molecule has 8 nitrogen and oxygen atoms in total. The van der Waals surface area contributed by atoms with Gasteiger partial charge in [-0.2, -0.15) is 5.10 Å². The van der Waals surface area contributed by atoms with Gasteiger partial charge in [-0.3, -0.25) is 14.5 Å². The molecule has 2 aromatic rings. The molecule has 3 rings (SSSR count). The van der Waals surface area contributed by atoms with E-state index in [4.69, 9.17) is 9.47 Å². The number of carbonyl (C=O) groups excluding carboxylic acids is 2. The molecular formula is C22H26N4O4. The van der Waals surface area contributed by atoms with Gasteiger partial charge in [-0.15, -0.1) is 0 Å². The molecule has 0 saturated carbocycles. The lowest BCUT2D eigenvalue weighted by atomic mass is 10.2. The first-order valence-electron chi connectivity index (χ1n) is 9.80. The van der Waals surface area contributed by atoms with Crippen LogP contribution in [0.3, 0.4) is 0 Å². The van der Waals surface area contributed by atoms with Crippen molar-refractivity contribution in [2.24, 2.45) is 5.10 Å². The van der Waals surface area contributed by atoms with Gasteiger partial charge in [0, 0.05) is 18.8 Å². The Morgan fingerprint density at radius 2 is 1.83 bits per heavy atom. The average molecular weight is 410 g/mol. The third-order valence-corrected chi connectivity index (χ3v) is 4.54. The molecule has 2 aromatic carbocycles. The van der Waals surface area contributed by atoms with E-state index in [1.165, 1.54) is 0 Å². The molecule has 0 aliphatic carbocycles. The van der Waals surface area contributed by atoms with Gasteiger partial charge in [0.1, 0.15) is 5.75 Å². The summed E-state index contributed by atoms with van der Waals surface area (Å²) in [5.74, 6) is 0.189. The van der Waals surface area contributed by atoms with Crippen molar-refractivity contribution in [2.45, 2.75) is 6.92 Å². The minimum atomic E-state index is -0.224. The highest BCUT2D eigenvalue weighted by molar-refractivity contribution is 5.92. The van der Waals surface area contributed by atoms with Crippen LogP contribution in [0.5, 0.6) is 5.75 Å². The third kappa shape index (κ3) is 6.98. The number of morpholine rings is 1. The Bertz CT molecular complexity index is 877. The Kier molecular flexibility index (Phi) is 7.94. The van der Waals surface area contributed by atoms with Gasteiger partial charge >= 0.3 is 0 Å². The normalized spacial score (nSPS) is 14.4. The number of benzene rings is 2. The van der Waals surface area contributed by atoms with Crippen molar-refractivity contribution >= 4 is 23.7 Å². The van der Waals surface area contributed by atoms with E-state index in [-0.39, 0.29) is 18.4 Å². The predicted molar refractivity (Wildman–Crippen MR) is 115 cm³/mol. The molecule has 0 bridgehead atoms. The van der Waals surface area contributed by atoms with Crippen LogP contribution in [0.25, 0.3) is 0 Å². The lowest BCUT2D eigenvalue weighted by Gasteiger charge is -2.25. The quantitative estimate of drug-likeness (QED) is 0.511. The van der Waals surface area contributed by atoms with Crippen LogP contribution in [0.4, 0.5) is 5.69 Å². The van der Waals surface area contributed by atoms with Crippen LogP contribution in [0, 0.1) is 6.92 Å². The summed E-state index contributed by atoms with van der Waals surface area (Å²) in [6, 6.07) is 14.7. The summed E-state index contributed by atoms with van der Waals surface area (Å²) in [6.45, 7) is 4.96. The number of hydrogen-bond acceptors (Lipinski definition) is 6. The van der Waals surface area contributed by atoms with Gasteiger partial charge in [0.15, 0.2) is 6.61 Å². The van der Waals surface area contributed by atoms with Crippen molar-refractivity contribution in [3.63, 3.8) is 0 Å². The van der Waals surface area contributed by atoms with Crippen LogP contribution in [0.15, 0.2) is 53.6 Å². The lowest BCUT2D eigenvalue weighted by Crippen LogP contribution is -2.42. The molecule has 1 heterocycles. The number of aryl methyl sites for hydroxylation is 1. The summed E-state index contributed by atoms with van der Waals surface area (Å²) in [5, 5.41) is 6.80. The number of ether oxygens (including phenoxy) is 2. The molecule has 1 saturated heterocycles. The van der Waals surface area contributed by atoms with E-state index >= 15 is 0 Å². The lowest BCUT2D eigenvalue weighted by molar-refractivity contribution is -0.123. The number of amides is 2. The van der Waals surface area contributed by atoms with Crippen molar-refractivity contribution in [3.05, 3.63) is 59.7 Å². The molecule has 2 N–H and O–H groups in total. The monoisotopic (exact) mass is 410 g/mol. The van der Waals surface area contributed by atoms with Gasteiger partial charge in [-0.1, -0.05) is 18.2 Å². The average Bonchev–Trinajstić information content (AvgIpc) is 2.75. The highest BCUT2D eigenvalue weighted by Gasteiger charge is 2.13. The molecule has 1 aliphatic heterocycles. The standard InChI is InChI=1S/C22H26N4O4/c1-17-4-2-3-5-20(17)24-22(28)16-30-19-8-6-18(7-9-19)14-23-25-21(27)15-26-10-12-29-13-11-26/h2-9,14H,10-13,15-16H2,1H3,(H,24,28)(H,25,27)/b23-14+. The van der Waals surface area contributed by atoms with Gasteiger partial charge in [0.2, 0.25) is 0 Å². The van der Waals surface area contributed by atoms with Crippen LogP contribution >= 0.6 is 0 Å². The van der Waals surface area contributed by atoms with E-state index < -0.39 is 0 Å². The van der Waals surface area contributed by atoms with Crippen molar-refractivity contribution < 1.29 is 19.1 Å². The van der Waals surface area contributed by atoms with Crippen LogP contribution in [-0.2, 0) is 14.3 Å². The van der Waals surface area contributed by atoms with Crippen molar-refractivity contribution in [1.29, 1.82) is 0 Å². The van der Waals surface area contributed by atoms with Crippen molar-refractivity contribution in [2.75, 3.05) is 44.8 Å². The number of nitrogens with one attached hydrogen (secondary N) is 2. The summed E-state index contributed by atoms with van der Waals surface area (Å²) in [7, 11) is 0. The number of hydrazone groups is 1.